The number of carbonyl (C=O) groups excluding carboxylic acids is 1. The summed E-state index contributed by atoms with van der Waals surface area (Å²) < 4.78 is 54.6. The highest BCUT2D eigenvalue weighted by molar-refractivity contribution is 5.98. The second-order valence-corrected chi connectivity index (χ2v) is 11.3. The molecule has 0 spiro atoms. The molecule has 1 unspecified atom stereocenters. The third-order valence-corrected chi connectivity index (χ3v) is 8.33. The zero-order valence-corrected chi connectivity index (χ0v) is 24.6. The van der Waals surface area contributed by atoms with Crippen LogP contribution in [0.25, 0.3) is 16.6 Å². The molecule has 1 atom stereocenters. The molecule has 0 saturated carbocycles. The van der Waals surface area contributed by atoms with Gasteiger partial charge in [-0.25, -0.2) is 4.39 Å². The molecule has 5 rings (SSSR count). The van der Waals surface area contributed by atoms with E-state index in [9.17, 15) is 27.2 Å². The average molecular weight is 598 g/mol. The van der Waals surface area contributed by atoms with Gasteiger partial charge < -0.3 is 14.7 Å². The molecule has 0 aliphatic carbocycles. The molecule has 43 heavy (non-hydrogen) atoms. The smallest absolute Gasteiger partial charge is 0.348 e. The lowest BCUT2D eigenvalue weighted by atomic mass is 9.98. The zero-order valence-electron chi connectivity index (χ0n) is 24.6. The molecule has 1 fully saturated rings. The van der Waals surface area contributed by atoms with Gasteiger partial charge in [-0.05, 0) is 74.7 Å². The minimum Gasteiger partial charge on any atom is -0.348 e. The number of nitrogens with zero attached hydrogens (tertiary/aromatic N) is 3. The molecule has 1 saturated heterocycles. The number of rotatable bonds is 7. The molecule has 0 bridgehead atoms. The molecule has 4 aromatic rings. The van der Waals surface area contributed by atoms with E-state index < -0.39 is 12.7 Å². The number of benzene rings is 1. The normalized spacial score (nSPS) is 15.6. The maximum absolute atomic E-state index is 13.7. The predicted octanol–water partition coefficient (Wildman–Crippen LogP) is 5.53. The van der Waals surface area contributed by atoms with Crippen molar-refractivity contribution >= 4 is 11.4 Å². The fraction of sp³-hybridized carbons (Fsp3) is 0.375. The number of halogens is 4. The topological polar surface area (TPSA) is 72.9 Å². The Balaban J connectivity index is 1.52. The maximum atomic E-state index is 13.7. The van der Waals surface area contributed by atoms with Gasteiger partial charge in [-0.15, -0.1) is 0 Å². The van der Waals surface area contributed by atoms with E-state index in [1.165, 1.54) is 17.0 Å². The van der Waals surface area contributed by atoms with Crippen LogP contribution in [0.3, 0.4) is 0 Å². The molecule has 1 aliphatic rings. The number of amides is 1. The van der Waals surface area contributed by atoms with E-state index in [1.54, 1.807) is 25.1 Å². The van der Waals surface area contributed by atoms with Crippen molar-refractivity contribution in [3.63, 3.8) is 0 Å². The van der Waals surface area contributed by atoms with Gasteiger partial charge in [0, 0.05) is 73.0 Å². The highest BCUT2D eigenvalue weighted by Crippen LogP contribution is 2.34. The van der Waals surface area contributed by atoms with Gasteiger partial charge in [0.15, 0.2) is 0 Å². The summed E-state index contributed by atoms with van der Waals surface area (Å²) in [5.74, 6) is -0.711. The number of aromatic amines is 1. The minimum absolute atomic E-state index is 0.0444. The number of alkyl halides is 3. The van der Waals surface area contributed by atoms with Crippen molar-refractivity contribution in [1.82, 2.24) is 24.5 Å². The Bertz CT molecular complexity index is 1700. The van der Waals surface area contributed by atoms with Gasteiger partial charge in [0.1, 0.15) is 5.82 Å². The number of aryl methyl sites for hydroxylation is 2. The van der Waals surface area contributed by atoms with E-state index in [4.69, 9.17) is 0 Å². The highest BCUT2D eigenvalue weighted by Gasteiger charge is 2.34. The van der Waals surface area contributed by atoms with Crippen molar-refractivity contribution in [2.24, 2.45) is 0 Å². The van der Waals surface area contributed by atoms with E-state index in [0.717, 1.165) is 39.2 Å². The lowest BCUT2D eigenvalue weighted by Crippen LogP contribution is -2.49. The first-order valence-electron chi connectivity index (χ1n) is 14.2. The first kappa shape index (κ1) is 30.5. The molecule has 3 aromatic heterocycles. The monoisotopic (exact) mass is 597 g/mol. The number of carbonyl (C=O) groups is 1. The predicted molar refractivity (Wildman–Crippen MR) is 158 cm³/mol. The van der Waals surface area contributed by atoms with Crippen molar-refractivity contribution in [2.75, 3.05) is 32.7 Å². The Kier molecular flexibility index (Phi) is 8.49. The summed E-state index contributed by atoms with van der Waals surface area (Å²) in [5.41, 5.74) is 6.04. The van der Waals surface area contributed by atoms with Crippen LogP contribution in [0.15, 0.2) is 53.5 Å². The van der Waals surface area contributed by atoms with Crippen LogP contribution in [-0.2, 0) is 6.54 Å². The number of nitrogens with one attached hydrogen (secondary N) is 2. The van der Waals surface area contributed by atoms with Crippen LogP contribution in [0.4, 0.5) is 17.6 Å². The summed E-state index contributed by atoms with van der Waals surface area (Å²) >= 11 is 0. The third-order valence-electron chi connectivity index (χ3n) is 8.33. The number of hydrogen-bond donors (Lipinski definition) is 2. The summed E-state index contributed by atoms with van der Waals surface area (Å²) in [6, 6.07) is 11.5. The van der Waals surface area contributed by atoms with Crippen LogP contribution < -0.4 is 10.9 Å². The second kappa shape index (κ2) is 12.0. The van der Waals surface area contributed by atoms with Crippen LogP contribution in [0, 0.1) is 26.6 Å². The van der Waals surface area contributed by atoms with Gasteiger partial charge in [-0.1, -0.05) is 12.1 Å². The van der Waals surface area contributed by atoms with Gasteiger partial charge in [-0.2, -0.15) is 13.2 Å². The Morgan fingerprint density at radius 2 is 1.70 bits per heavy atom. The maximum Gasteiger partial charge on any atom is 0.401 e. The van der Waals surface area contributed by atoms with Crippen LogP contribution in [0.5, 0.6) is 0 Å². The van der Waals surface area contributed by atoms with E-state index in [2.05, 4.69) is 15.2 Å². The molecule has 11 heteroatoms. The molecule has 228 valence electrons. The Morgan fingerprint density at radius 3 is 2.33 bits per heavy atom. The Hall–Kier alpha value is -3.96. The molecule has 0 radical (unpaired) electrons. The van der Waals surface area contributed by atoms with E-state index in [0.29, 0.717) is 24.2 Å². The van der Waals surface area contributed by atoms with Crippen LogP contribution in [-0.4, -0.2) is 64.0 Å². The van der Waals surface area contributed by atoms with Crippen LogP contribution in [0.2, 0.25) is 0 Å². The van der Waals surface area contributed by atoms with Crippen LogP contribution >= 0.6 is 0 Å². The fourth-order valence-electron chi connectivity index (χ4n) is 6.09. The van der Waals surface area contributed by atoms with Crippen molar-refractivity contribution in [3.05, 3.63) is 98.5 Å². The lowest BCUT2D eigenvalue weighted by molar-refractivity contribution is -0.149. The van der Waals surface area contributed by atoms with Crippen molar-refractivity contribution in [1.29, 1.82) is 0 Å². The van der Waals surface area contributed by atoms with Gasteiger partial charge in [0.25, 0.3) is 11.5 Å². The molecule has 1 aromatic carbocycles. The van der Waals surface area contributed by atoms with Gasteiger partial charge in [0.2, 0.25) is 0 Å². The molecule has 1 aliphatic heterocycles. The Labute approximate surface area is 247 Å². The Morgan fingerprint density at radius 1 is 1.02 bits per heavy atom. The van der Waals surface area contributed by atoms with Gasteiger partial charge in [0.05, 0.1) is 12.1 Å². The van der Waals surface area contributed by atoms with Crippen molar-refractivity contribution in [3.8, 4) is 11.1 Å². The molecule has 1 amide bonds. The van der Waals surface area contributed by atoms with Crippen molar-refractivity contribution < 1.29 is 22.4 Å². The van der Waals surface area contributed by atoms with E-state index in [1.807, 2.05) is 43.5 Å². The standard InChI is InChI=1S/C32H35F4N5O2/c1-19-15-20(2)38-31(43)27(19)17-37-30(42)26-16-28-25(23-5-7-24(33)8-6-23)9-10-41(28)29(21(26)3)22(4)40-13-11-39(12-14-40)18-32(34,35)36/h5-10,15-16,22H,11-14,17-18H2,1-4H3,(H,37,42)(H,38,43). The van der Waals surface area contributed by atoms with Gasteiger partial charge in [-0.3, -0.25) is 19.4 Å². The SMILES string of the molecule is Cc1cc(C)c(CNC(=O)c2cc3c(-c4ccc(F)cc4)ccn3c(C(C)N3CCN(CC(F)(F)F)CC3)c2C)c(=O)[nH]1. The largest absolute Gasteiger partial charge is 0.401 e. The number of H-pyrrole nitrogens is 1. The molecule has 7 nitrogen and oxygen atoms in total. The molecule has 2 N–H and O–H groups in total. The third kappa shape index (κ3) is 6.52. The zero-order chi connectivity index (χ0) is 31.1. The fourth-order valence-corrected chi connectivity index (χ4v) is 6.09. The number of fused-ring (bicyclic) bond motifs is 1. The lowest BCUT2D eigenvalue weighted by Gasteiger charge is -2.39. The second-order valence-electron chi connectivity index (χ2n) is 11.3. The quantitative estimate of drug-likeness (QED) is 0.275. The number of piperazine rings is 1. The van der Waals surface area contributed by atoms with Crippen molar-refractivity contribution in [2.45, 2.75) is 46.5 Å². The summed E-state index contributed by atoms with van der Waals surface area (Å²) in [5, 5.41) is 2.91. The average Bonchev–Trinajstić information content (AvgIpc) is 3.35. The summed E-state index contributed by atoms with van der Waals surface area (Å²) in [4.78, 5) is 32.6. The number of pyridine rings is 2. The summed E-state index contributed by atoms with van der Waals surface area (Å²) in [6.07, 6.45) is -2.34. The summed E-state index contributed by atoms with van der Waals surface area (Å²) in [6.45, 7) is 8.03. The molecular weight excluding hydrogens is 562 g/mol. The van der Waals surface area contributed by atoms with Gasteiger partial charge >= 0.3 is 6.18 Å². The minimum atomic E-state index is -4.25. The van der Waals surface area contributed by atoms with E-state index in [-0.39, 0.29) is 43.0 Å². The number of hydrogen-bond acceptors (Lipinski definition) is 4. The summed E-state index contributed by atoms with van der Waals surface area (Å²) in [7, 11) is 0. The first-order valence-corrected chi connectivity index (χ1v) is 14.2. The first-order chi connectivity index (χ1) is 20.3. The molecular formula is C32H35F4N5O2. The van der Waals surface area contributed by atoms with E-state index >= 15 is 0 Å². The molecule has 4 heterocycles. The number of aromatic nitrogens is 2. The highest BCUT2D eigenvalue weighted by atomic mass is 19.4. The van der Waals surface area contributed by atoms with Crippen LogP contribution in [0.1, 0.15) is 51.4 Å².